The molecule has 15 heteroatoms. The van der Waals surface area contributed by atoms with E-state index in [0.717, 1.165) is 6.92 Å². The van der Waals surface area contributed by atoms with E-state index in [4.69, 9.17) is 23.7 Å². The Morgan fingerprint density at radius 3 is 2.18 bits per heavy atom. The van der Waals surface area contributed by atoms with Gasteiger partial charge < -0.3 is 44.3 Å². The van der Waals surface area contributed by atoms with Crippen molar-refractivity contribution in [3.8, 4) is 0 Å². The normalized spacial score (nSPS) is 30.2. The van der Waals surface area contributed by atoms with Crippen LogP contribution < -0.4 is 5.32 Å². The van der Waals surface area contributed by atoms with Crippen LogP contribution in [0, 0.1) is 16.7 Å². The number of ether oxygens (including phenoxy) is 5. The second-order valence-electron chi connectivity index (χ2n) is 18.5. The van der Waals surface area contributed by atoms with Gasteiger partial charge in [0.2, 0.25) is 0 Å². The standard InChI is InChI=1S/C52H57NO14/c1-8-10-24-38(56)67-51-28-63-37(51)26-36(55)50(7)43(51)45(66-47(60)33-21-15-12-16-22-33)52(62)27-35(29(3)39(49(52,5)6)42(44(50)58)64-30(4)54)65-48(61)41(57)40(34-23-17-18-31(9-2)25-34)53-46(59)32-19-13-11-14-20-32/h8-9,11-23,25,35-37,40-43,45,55,57,62H,1-2,10,24,26-28H2,3-7H3,(H,53,59)/t35-,36-,37+,40-,41+,42+,43-,45-,50+,51-,52+/m0/s1. The molecule has 3 aromatic rings. The summed E-state index contributed by atoms with van der Waals surface area (Å²) in [5.74, 6) is -6.88. The summed E-state index contributed by atoms with van der Waals surface area (Å²) >= 11 is 0. The van der Waals surface area contributed by atoms with Crippen molar-refractivity contribution in [2.75, 3.05) is 6.61 Å². The fourth-order valence-electron chi connectivity index (χ4n) is 10.6. The largest absolute Gasteiger partial charge is 0.456 e. The molecule has 1 heterocycles. The van der Waals surface area contributed by atoms with Crippen LogP contribution in [0.25, 0.3) is 6.08 Å². The molecule has 67 heavy (non-hydrogen) atoms. The molecule has 1 saturated heterocycles. The van der Waals surface area contributed by atoms with Crippen molar-refractivity contribution in [2.24, 2.45) is 16.7 Å². The topological polar surface area (TPSA) is 221 Å². The van der Waals surface area contributed by atoms with Crippen molar-refractivity contribution >= 4 is 41.6 Å². The molecule has 0 spiro atoms. The molecule has 3 aromatic carbocycles. The maximum Gasteiger partial charge on any atom is 0.338 e. The third-order valence-corrected chi connectivity index (χ3v) is 14.3. The summed E-state index contributed by atoms with van der Waals surface area (Å²) in [7, 11) is 0. The highest BCUT2D eigenvalue weighted by Gasteiger charge is 2.78. The molecular weight excluding hydrogens is 863 g/mol. The van der Waals surface area contributed by atoms with Crippen molar-refractivity contribution in [1.82, 2.24) is 5.32 Å². The van der Waals surface area contributed by atoms with Gasteiger partial charge in [-0.15, -0.1) is 6.58 Å². The molecule has 11 atom stereocenters. The Hall–Kier alpha value is -6.26. The van der Waals surface area contributed by atoms with Crippen LogP contribution in [0.5, 0.6) is 0 Å². The number of esters is 4. The molecule has 3 fully saturated rings. The number of benzene rings is 3. The molecule has 2 bridgehead atoms. The summed E-state index contributed by atoms with van der Waals surface area (Å²) in [6.45, 7) is 14.3. The number of allylic oxidation sites excluding steroid dienone is 1. The van der Waals surface area contributed by atoms with Crippen LogP contribution in [0.1, 0.15) is 98.2 Å². The van der Waals surface area contributed by atoms with Gasteiger partial charge in [0, 0.05) is 37.2 Å². The lowest BCUT2D eigenvalue weighted by molar-refractivity contribution is -0.346. The van der Waals surface area contributed by atoms with Crippen LogP contribution in [0.3, 0.4) is 0 Å². The fourth-order valence-corrected chi connectivity index (χ4v) is 10.6. The second kappa shape index (κ2) is 18.8. The highest BCUT2D eigenvalue weighted by Crippen LogP contribution is 2.64. The van der Waals surface area contributed by atoms with Crippen molar-refractivity contribution in [2.45, 2.75) is 114 Å². The summed E-state index contributed by atoms with van der Waals surface area (Å²) in [5.41, 5.74) is -6.64. The third-order valence-electron chi connectivity index (χ3n) is 14.3. The molecule has 3 aliphatic carbocycles. The predicted molar refractivity (Wildman–Crippen MR) is 242 cm³/mol. The third kappa shape index (κ3) is 8.54. The van der Waals surface area contributed by atoms with Gasteiger partial charge in [-0.25, -0.2) is 9.59 Å². The average Bonchev–Trinajstić information content (AvgIpc) is 3.31. The zero-order chi connectivity index (χ0) is 48.6. The molecule has 354 valence electrons. The van der Waals surface area contributed by atoms with Gasteiger partial charge in [0.05, 0.1) is 35.6 Å². The number of hydrogen-bond donors (Lipinski definition) is 4. The molecule has 2 saturated carbocycles. The zero-order valence-corrected chi connectivity index (χ0v) is 38.1. The first-order valence-corrected chi connectivity index (χ1v) is 22.3. The maximum absolute atomic E-state index is 15.7. The van der Waals surface area contributed by atoms with E-state index >= 15 is 4.79 Å². The Balaban J connectivity index is 1.40. The first-order chi connectivity index (χ1) is 31.7. The minimum absolute atomic E-state index is 0.0157. The number of hydrogen-bond acceptors (Lipinski definition) is 14. The molecule has 0 aromatic heterocycles. The van der Waals surface area contributed by atoms with Gasteiger partial charge in [-0.3, -0.25) is 19.2 Å². The summed E-state index contributed by atoms with van der Waals surface area (Å²) < 4.78 is 30.8. The second-order valence-corrected chi connectivity index (χ2v) is 18.5. The number of aliphatic hydroxyl groups is 3. The fraction of sp³-hybridized carbons (Fsp3) is 0.423. The molecule has 7 rings (SSSR count). The van der Waals surface area contributed by atoms with Crippen LogP contribution in [0.2, 0.25) is 0 Å². The monoisotopic (exact) mass is 919 g/mol. The van der Waals surface area contributed by atoms with Gasteiger partial charge in [-0.05, 0) is 72.9 Å². The summed E-state index contributed by atoms with van der Waals surface area (Å²) in [6.07, 6.45) is -7.57. The molecule has 0 radical (unpaired) electrons. The summed E-state index contributed by atoms with van der Waals surface area (Å²) in [6, 6.07) is 21.2. The van der Waals surface area contributed by atoms with E-state index in [1.165, 1.54) is 32.1 Å². The van der Waals surface area contributed by atoms with Gasteiger partial charge in [0.15, 0.2) is 23.6 Å². The number of Topliss-reactive ketones (excluding diaryl/α,β-unsaturated/α-hetero) is 1. The van der Waals surface area contributed by atoms with Crippen LogP contribution in [-0.4, -0.2) is 105 Å². The van der Waals surface area contributed by atoms with Gasteiger partial charge >= 0.3 is 23.9 Å². The van der Waals surface area contributed by atoms with Gasteiger partial charge in [0.25, 0.3) is 5.91 Å². The number of amides is 1. The maximum atomic E-state index is 15.7. The first kappa shape index (κ1) is 48.7. The Morgan fingerprint density at radius 2 is 1.58 bits per heavy atom. The number of carbonyl (C=O) groups is 6. The number of nitrogens with one attached hydrogen (secondary N) is 1. The summed E-state index contributed by atoms with van der Waals surface area (Å²) in [5, 5.41) is 40.8. The lowest BCUT2D eigenvalue weighted by Gasteiger charge is -2.67. The van der Waals surface area contributed by atoms with E-state index in [2.05, 4.69) is 18.5 Å². The van der Waals surface area contributed by atoms with E-state index in [9.17, 15) is 39.3 Å². The molecule has 0 unspecified atom stereocenters. The predicted octanol–water partition coefficient (Wildman–Crippen LogP) is 5.33. The van der Waals surface area contributed by atoms with E-state index in [1.54, 1.807) is 92.7 Å². The van der Waals surface area contributed by atoms with Crippen molar-refractivity contribution in [3.05, 3.63) is 138 Å². The molecule has 4 aliphatic rings. The Bertz CT molecular complexity index is 2480. The van der Waals surface area contributed by atoms with Gasteiger partial charge in [-0.1, -0.05) is 87.2 Å². The Morgan fingerprint density at radius 1 is 0.925 bits per heavy atom. The van der Waals surface area contributed by atoms with Crippen molar-refractivity contribution in [3.63, 3.8) is 0 Å². The van der Waals surface area contributed by atoms with Crippen LogP contribution in [0.15, 0.2) is 115 Å². The Kier molecular flexibility index (Phi) is 13.6. The lowest BCUT2D eigenvalue weighted by Crippen LogP contribution is -2.82. The van der Waals surface area contributed by atoms with Crippen molar-refractivity contribution < 1.29 is 67.8 Å². The van der Waals surface area contributed by atoms with Crippen molar-refractivity contribution in [1.29, 1.82) is 0 Å². The van der Waals surface area contributed by atoms with Crippen LogP contribution >= 0.6 is 0 Å². The number of fused-ring (bicyclic) bond motifs is 5. The molecule has 4 N–H and O–H groups in total. The SMILES string of the molecule is C=CCCC(=O)O[C@@]12CO[C@@H]1C[C@H](O)[C@@]1(C)C(=O)[C@H](OC(C)=O)C3=C(C)[C@@H](OC(=O)[C@H](O)[C@@H](NC(=O)c4ccccc4)c4cccc(C=C)c4)C[C@@](O)([C@@H](OC(=O)c4ccccc4)[C@H]21)C3(C)C. The highest BCUT2D eigenvalue weighted by atomic mass is 16.6. The Labute approximate surface area is 388 Å². The van der Waals surface area contributed by atoms with Crippen LogP contribution in [0.4, 0.5) is 0 Å². The number of aliphatic hydroxyl groups excluding tert-OH is 2. The first-order valence-electron chi connectivity index (χ1n) is 22.3. The average molecular weight is 920 g/mol. The van der Waals surface area contributed by atoms with E-state index < -0.39 is 113 Å². The minimum Gasteiger partial charge on any atom is -0.456 e. The van der Waals surface area contributed by atoms with E-state index in [0.29, 0.717) is 11.1 Å². The molecule has 1 aliphatic heterocycles. The smallest absolute Gasteiger partial charge is 0.338 e. The minimum atomic E-state index is -2.43. The van der Waals surface area contributed by atoms with E-state index in [1.807, 2.05) is 0 Å². The van der Waals surface area contributed by atoms with Gasteiger partial charge in [-0.2, -0.15) is 0 Å². The molecule has 15 nitrogen and oxygen atoms in total. The van der Waals surface area contributed by atoms with Crippen LogP contribution in [-0.2, 0) is 42.9 Å². The number of carbonyl (C=O) groups excluding carboxylic acids is 6. The highest BCUT2D eigenvalue weighted by molar-refractivity contribution is 5.96. The molecule has 1 amide bonds. The number of ketones is 1. The molecular formula is C52H57NO14. The number of rotatable bonds is 14. The summed E-state index contributed by atoms with van der Waals surface area (Å²) in [4.78, 5) is 85.1. The van der Waals surface area contributed by atoms with E-state index in [-0.39, 0.29) is 48.1 Å². The lowest BCUT2D eigenvalue weighted by atomic mass is 9.44. The quantitative estimate of drug-likeness (QED) is 0.0913. The van der Waals surface area contributed by atoms with Gasteiger partial charge in [0.1, 0.15) is 23.9 Å². The zero-order valence-electron chi connectivity index (χ0n) is 38.1.